The van der Waals surface area contributed by atoms with E-state index >= 15 is 0 Å². The lowest BCUT2D eigenvalue weighted by Crippen LogP contribution is -2.26. The van der Waals surface area contributed by atoms with Crippen LogP contribution in [0.2, 0.25) is 5.15 Å². The number of sulfonamides is 1. The molecule has 0 fully saturated rings. The van der Waals surface area contributed by atoms with Crippen molar-refractivity contribution in [3.63, 3.8) is 0 Å². The Hall–Kier alpha value is -0.210. The lowest BCUT2D eigenvalue weighted by molar-refractivity contribution is 0.0778. The Morgan fingerprint density at radius 2 is 2.21 bits per heavy atom. The Kier molecular flexibility index (Phi) is 6.68. The summed E-state index contributed by atoms with van der Waals surface area (Å²) in [5.41, 5.74) is 0. The van der Waals surface area contributed by atoms with E-state index in [0.717, 1.165) is 0 Å². The largest absolute Gasteiger partial charge is 0.379 e. The molecule has 0 amide bonds. The van der Waals surface area contributed by atoms with Gasteiger partial charge in [-0.05, 0) is 42.3 Å². The highest BCUT2D eigenvalue weighted by atomic mass is 79.9. The molecule has 0 radical (unpaired) electrons. The second-order valence-corrected chi connectivity index (χ2v) is 7.09. The molecule has 1 aromatic rings. The second-order valence-electron chi connectivity index (χ2n) is 4.11. The third kappa shape index (κ3) is 5.74. The van der Waals surface area contributed by atoms with Crippen molar-refractivity contribution >= 4 is 37.6 Å². The summed E-state index contributed by atoms with van der Waals surface area (Å²) in [6.07, 6.45) is 1.98. The van der Waals surface area contributed by atoms with Gasteiger partial charge in [0, 0.05) is 19.3 Å². The SMILES string of the molecule is CC(C)OCCCNS(=O)(=O)c1cnc(Cl)c(Br)c1. The van der Waals surface area contributed by atoms with E-state index < -0.39 is 10.0 Å². The van der Waals surface area contributed by atoms with Gasteiger partial charge in [0.1, 0.15) is 10.0 Å². The summed E-state index contributed by atoms with van der Waals surface area (Å²) in [5.74, 6) is 0. The molecule has 0 atom stereocenters. The van der Waals surface area contributed by atoms with Crippen molar-refractivity contribution in [3.8, 4) is 0 Å². The van der Waals surface area contributed by atoms with E-state index in [1.165, 1.54) is 12.3 Å². The third-order valence-corrected chi connectivity index (χ3v) is 4.71. The number of aromatic nitrogens is 1. The van der Waals surface area contributed by atoms with Crippen LogP contribution in [0.5, 0.6) is 0 Å². The zero-order valence-electron chi connectivity index (χ0n) is 10.7. The van der Waals surface area contributed by atoms with Crippen molar-refractivity contribution in [3.05, 3.63) is 21.9 Å². The maximum atomic E-state index is 11.9. The number of nitrogens with one attached hydrogen (secondary N) is 1. The minimum Gasteiger partial charge on any atom is -0.379 e. The number of ether oxygens (including phenoxy) is 1. The molecule has 0 saturated heterocycles. The number of pyridine rings is 1. The molecule has 1 N–H and O–H groups in total. The number of rotatable bonds is 7. The Labute approximate surface area is 126 Å². The van der Waals surface area contributed by atoms with Crippen LogP contribution in [0.4, 0.5) is 0 Å². The maximum Gasteiger partial charge on any atom is 0.242 e. The van der Waals surface area contributed by atoms with Crippen molar-refractivity contribution in [1.29, 1.82) is 0 Å². The number of hydrogen-bond acceptors (Lipinski definition) is 4. The van der Waals surface area contributed by atoms with Crippen LogP contribution in [0, 0.1) is 0 Å². The Morgan fingerprint density at radius 1 is 1.53 bits per heavy atom. The van der Waals surface area contributed by atoms with Gasteiger partial charge in [0.15, 0.2) is 0 Å². The summed E-state index contributed by atoms with van der Waals surface area (Å²) in [6.45, 7) is 4.69. The molecule has 0 aliphatic heterocycles. The van der Waals surface area contributed by atoms with Crippen LogP contribution in [0.3, 0.4) is 0 Å². The zero-order valence-corrected chi connectivity index (χ0v) is 13.8. The molecule has 0 unspecified atom stereocenters. The van der Waals surface area contributed by atoms with Crippen LogP contribution in [-0.4, -0.2) is 32.7 Å². The van der Waals surface area contributed by atoms with Crippen molar-refractivity contribution in [2.45, 2.75) is 31.3 Å². The van der Waals surface area contributed by atoms with Crippen LogP contribution in [0.25, 0.3) is 0 Å². The van der Waals surface area contributed by atoms with Crippen LogP contribution in [-0.2, 0) is 14.8 Å². The molecule has 1 heterocycles. The number of hydrogen-bond donors (Lipinski definition) is 1. The average molecular weight is 372 g/mol. The first-order valence-electron chi connectivity index (χ1n) is 5.75. The first kappa shape index (κ1) is 16.8. The number of halogens is 2. The minimum absolute atomic E-state index is 0.0774. The summed E-state index contributed by atoms with van der Waals surface area (Å²) in [7, 11) is -3.56. The Bertz CT molecular complexity index is 523. The fourth-order valence-electron chi connectivity index (χ4n) is 1.23. The van der Waals surface area contributed by atoms with Gasteiger partial charge in [0.25, 0.3) is 0 Å². The zero-order chi connectivity index (χ0) is 14.5. The molecular formula is C11H16BrClN2O3S. The lowest BCUT2D eigenvalue weighted by atomic mass is 10.4. The van der Waals surface area contributed by atoms with Gasteiger partial charge in [0.05, 0.1) is 10.6 Å². The minimum atomic E-state index is -3.56. The fraction of sp³-hybridized carbons (Fsp3) is 0.545. The van der Waals surface area contributed by atoms with Gasteiger partial charge in [0.2, 0.25) is 10.0 Å². The van der Waals surface area contributed by atoms with Gasteiger partial charge in [-0.25, -0.2) is 18.1 Å². The standard InChI is InChI=1S/C11H16BrClN2O3S/c1-8(2)18-5-3-4-15-19(16,17)9-6-10(12)11(13)14-7-9/h6-8,15H,3-5H2,1-2H3. The highest BCUT2D eigenvalue weighted by Gasteiger charge is 2.15. The van der Waals surface area contributed by atoms with Gasteiger partial charge < -0.3 is 4.74 Å². The second kappa shape index (κ2) is 7.54. The van der Waals surface area contributed by atoms with Crippen LogP contribution >= 0.6 is 27.5 Å². The van der Waals surface area contributed by atoms with Gasteiger partial charge >= 0.3 is 0 Å². The van der Waals surface area contributed by atoms with Crippen molar-refractivity contribution in [2.24, 2.45) is 0 Å². The van der Waals surface area contributed by atoms with E-state index in [0.29, 0.717) is 24.0 Å². The predicted molar refractivity (Wildman–Crippen MR) is 77.8 cm³/mol. The van der Waals surface area contributed by atoms with Crippen LogP contribution in [0.15, 0.2) is 21.6 Å². The topological polar surface area (TPSA) is 68.3 Å². The van der Waals surface area contributed by atoms with Gasteiger partial charge in [-0.2, -0.15) is 0 Å². The molecule has 108 valence electrons. The summed E-state index contributed by atoms with van der Waals surface area (Å²) in [6, 6.07) is 1.42. The van der Waals surface area contributed by atoms with Crippen molar-refractivity contribution in [1.82, 2.24) is 9.71 Å². The maximum absolute atomic E-state index is 11.9. The highest BCUT2D eigenvalue weighted by molar-refractivity contribution is 9.10. The molecule has 5 nitrogen and oxygen atoms in total. The van der Waals surface area contributed by atoms with E-state index in [9.17, 15) is 8.42 Å². The van der Waals surface area contributed by atoms with Gasteiger partial charge in [-0.1, -0.05) is 11.6 Å². The summed E-state index contributed by atoms with van der Waals surface area (Å²) < 4.78 is 32.1. The molecule has 0 bridgehead atoms. The highest BCUT2D eigenvalue weighted by Crippen LogP contribution is 2.22. The lowest BCUT2D eigenvalue weighted by Gasteiger charge is -2.09. The van der Waals surface area contributed by atoms with E-state index in [1.54, 1.807) is 0 Å². The van der Waals surface area contributed by atoms with E-state index in [-0.39, 0.29) is 16.2 Å². The summed E-state index contributed by atoms with van der Waals surface area (Å²) >= 11 is 8.86. The predicted octanol–water partition coefficient (Wildman–Crippen LogP) is 2.59. The quantitative estimate of drug-likeness (QED) is 0.591. The monoisotopic (exact) mass is 370 g/mol. The molecule has 1 aromatic heterocycles. The smallest absolute Gasteiger partial charge is 0.242 e. The average Bonchev–Trinajstić information content (AvgIpc) is 2.31. The summed E-state index contributed by atoms with van der Waals surface area (Å²) in [4.78, 5) is 3.86. The first-order valence-corrected chi connectivity index (χ1v) is 8.40. The van der Waals surface area contributed by atoms with E-state index in [1.807, 2.05) is 13.8 Å². The van der Waals surface area contributed by atoms with Gasteiger partial charge in [-0.3, -0.25) is 0 Å². The van der Waals surface area contributed by atoms with Crippen molar-refractivity contribution < 1.29 is 13.2 Å². The molecule has 1 rings (SSSR count). The molecule has 0 aliphatic carbocycles. The van der Waals surface area contributed by atoms with E-state index in [4.69, 9.17) is 16.3 Å². The summed E-state index contributed by atoms with van der Waals surface area (Å²) in [5, 5.41) is 0.226. The molecular weight excluding hydrogens is 356 g/mol. The molecule has 19 heavy (non-hydrogen) atoms. The Morgan fingerprint density at radius 3 is 2.79 bits per heavy atom. The third-order valence-electron chi connectivity index (χ3n) is 2.15. The molecule has 0 aliphatic rings. The normalized spacial score (nSPS) is 12.1. The van der Waals surface area contributed by atoms with E-state index in [2.05, 4.69) is 25.6 Å². The van der Waals surface area contributed by atoms with Crippen LogP contribution in [0.1, 0.15) is 20.3 Å². The van der Waals surface area contributed by atoms with Crippen LogP contribution < -0.4 is 4.72 Å². The molecule has 8 heteroatoms. The molecule has 0 saturated carbocycles. The molecule has 0 spiro atoms. The fourth-order valence-corrected chi connectivity index (χ4v) is 2.88. The number of nitrogens with zero attached hydrogens (tertiary/aromatic N) is 1. The van der Waals surface area contributed by atoms with Crippen molar-refractivity contribution in [2.75, 3.05) is 13.2 Å². The Balaban J connectivity index is 2.54. The first-order chi connectivity index (χ1) is 8.83. The van der Waals surface area contributed by atoms with Gasteiger partial charge in [-0.15, -0.1) is 0 Å². The molecule has 0 aromatic carbocycles.